The zero-order chi connectivity index (χ0) is 39.9. The van der Waals surface area contributed by atoms with Crippen LogP contribution in [-0.2, 0) is 5.41 Å². The normalized spacial score (nSPS) is 13.8. The fourth-order valence-corrected chi connectivity index (χ4v) is 8.70. The molecule has 1 atom stereocenters. The molecule has 0 fully saturated rings. The molecular weight excluding hydrogens is 701 g/mol. The molecule has 0 saturated heterocycles. The van der Waals surface area contributed by atoms with E-state index in [1.165, 1.54) is 66.1 Å². The molecule has 2 nitrogen and oxygen atoms in total. The van der Waals surface area contributed by atoms with E-state index in [1.54, 1.807) is 6.08 Å². The molecule has 2 heterocycles. The average Bonchev–Trinajstić information content (AvgIpc) is 3.60. The largest absolute Gasteiger partial charge is 0.264 e. The van der Waals surface area contributed by atoms with Gasteiger partial charge in [0.05, 0.1) is 11.1 Å². The fourth-order valence-electron chi connectivity index (χ4n) is 8.70. The van der Waals surface area contributed by atoms with Crippen LogP contribution in [0, 0.1) is 0 Å². The summed E-state index contributed by atoms with van der Waals surface area (Å²) >= 11 is 0. The molecular formula is C56H46N2. The molecule has 0 amide bonds. The van der Waals surface area contributed by atoms with E-state index in [2.05, 4.69) is 188 Å². The van der Waals surface area contributed by atoms with Crippen molar-refractivity contribution in [2.24, 2.45) is 0 Å². The second-order valence-electron chi connectivity index (χ2n) is 14.1. The zero-order valence-electron chi connectivity index (χ0n) is 33.3. The first-order chi connectivity index (χ1) is 28.7. The van der Waals surface area contributed by atoms with Crippen molar-refractivity contribution >= 4 is 21.5 Å². The van der Waals surface area contributed by atoms with Gasteiger partial charge in [-0.15, -0.1) is 0 Å². The molecule has 2 heteroatoms. The fraction of sp³-hybridized carbons (Fsp3) is 0.0714. The lowest BCUT2D eigenvalue weighted by Gasteiger charge is -2.33. The molecule has 0 spiro atoms. The standard InChI is InChI=1S/C49H32N2.C5H8.C2H6/c1-3-14-33(15-4-1)47-40-20-7-9-22-42(40)48(43-23-10-8-21-41(43)47)35-26-28-46(51-31-35)34-25-27-39-38-19-11-12-24-44(38)49(45(39)30-34,36-16-5-2-6-17-36)37-18-13-29-50-32-37;1-3-5-4-2;1-2/h1-32H;3-5H,1H2,2H3;1-2H3/b;5-4-;. The smallest absolute Gasteiger partial charge is 0.0728 e. The third-order valence-corrected chi connectivity index (χ3v) is 11.0. The highest BCUT2D eigenvalue weighted by Gasteiger charge is 2.46. The highest BCUT2D eigenvalue weighted by atomic mass is 14.7. The van der Waals surface area contributed by atoms with Gasteiger partial charge in [0.25, 0.3) is 0 Å². The van der Waals surface area contributed by atoms with Crippen LogP contribution in [0.4, 0.5) is 0 Å². The first-order valence-corrected chi connectivity index (χ1v) is 20.1. The van der Waals surface area contributed by atoms with Crippen molar-refractivity contribution in [1.29, 1.82) is 0 Å². The lowest BCUT2D eigenvalue weighted by molar-refractivity contribution is 0.763. The second kappa shape index (κ2) is 16.9. The van der Waals surface area contributed by atoms with Gasteiger partial charge in [0.15, 0.2) is 0 Å². The van der Waals surface area contributed by atoms with Crippen molar-refractivity contribution in [3.63, 3.8) is 0 Å². The van der Waals surface area contributed by atoms with Crippen LogP contribution in [0.3, 0.4) is 0 Å². The Morgan fingerprint density at radius 3 is 1.60 bits per heavy atom. The summed E-state index contributed by atoms with van der Waals surface area (Å²) in [5.74, 6) is 0. The number of nitrogens with zero attached hydrogens (tertiary/aromatic N) is 2. The van der Waals surface area contributed by atoms with Gasteiger partial charge >= 0.3 is 0 Å². The molecule has 1 unspecified atom stereocenters. The molecule has 1 aliphatic rings. The van der Waals surface area contributed by atoms with Crippen LogP contribution in [0.15, 0.2) is 219 Å². The monoisotopic (exact) mass is 746 g/mol. The Morgan fingerprint density at radius 1 is 0.483 bits per heavy atom. The van der Waals surface area contributed by atoms with Gasteiger partial charge in [0.2, 0.25) is 0 Å². The number of benzene rings is 7. The summed E-state index contributed by atoms with van der Waals surface area (Å²) in [6, 6.07) is 63.5. The number of hydrogen-bond acceptors (Lipinski definition) is 2. The Morgan fingerprint density at radius 2 is 1.03 bits per heavy atom. The maximum absolute atomic E-state index is 5.18. The summed E-state index contributed by atoms with van der Waals surface area (Å²) in [4.78, 5) is 9.79. The molecule has 0 aliphatic heterocycles. The highest BCUT2D eigenvalue weighted by Crippen LogP contribution is 2.56. The van der Waals surface area contributed by atoms with Gasteiger partial charge in [0.1, 0.15) is 0 Å². The van der Waals surface area contributed by atoms with Gasteiger partial charge in [-0.05, 0) is 96.7 Å². The van der Waals surface area contributed by atoms with Crippen LogP contribution < -0.4 is 0 Å². The summed E-state index contributed by atoms with van der Waals surface area (Å²) < 4.78 is 0. The number of aromatic nitrogens is 2. The molecule has 2 aromatic heterocycles. The van der Waals surface area contributed by atoms with E-state index in [-0.39, 0.29) is 0 Å². The van der Waals surface area contributed by atoms with Crippen LogP contribution in [0.1, 0.15) is 43.0 Å². The minimum atomic E-state index is -0.504. The second-order valence-corrected chi connectivity index (χ2v) is 14.1. The van der Waals surface area contributed by atoms with E-state index in [4.69, 9.17) is 4.98 Å². The highest BCUT2D eigenvalue weighted by molar-refractivity contribution is 6.21. The van der Waals surface area contributed by atoms with Gasteiger partial charge in [-0.2, -0.15) is 0 Å². The van der Waals surface area contributed by atoms with Crippen LogP contribution in [0.5, 0.6) is 0 Å². The topological polar surface area (TPSA) is 25.8 Å². The molecule has 7 aromatic carbocycles. The number of fused-ring (bicyclic) bond motifs is 5. The quantitative estimate of drug-likeness (QED) is 0.125. The summed E-state index contributed by atoms with van der Waals surface area (Å²) in [6.45, 7) is 9.42. The van der Waals surface area contributed by atoms with Gasteiger partial charge in [-0.25, -0.2) is 0 Å². The van der Waals surface area contributed by atoms with Crippen LogP contribution in [0.25, 0.3) is 66.2 Å². The molecule has 0 bridgehead atoms. The Bertz CT molecular complexity index is 2760. The predicted octanol–water partition coefficient (Wildman–Crippen LogP) is 14.9. The number of allylic oxidation sites excluding steroid dienone is 3. The predicted molar refractivity (Wildman–Crippen MR) is 247 cm³/mol. The summed E-state index contributed by atoms with van der Waals surface area (Å²) in [7, 11) is 0. The lowest BCUT2D eigenvalue weighted by Crippen LogP contribution is -2.28. The van der Waals surface area contributed by atoms with Crippen molar-refractivity contribution in [3.8, 4) is 44.6 Å². The van der Waals surface area contributed by atoms with E-state index >= 15 is 0 Å². The Labute approximate surface area is 342 Å². The first kappa shape index (κ1) is 37.7. The van der Waals surface area contributed by atoms with E-state index in [1.807, 2.05) is 51.4 Å². The maximum Gasteiger partial charge on any atom is 0.0728 e. The molecule has 10 rings (SSSR count). The van der Waals surface area contributed by atoms with Crippen LogP contribution in [-0.4, -0.2) is 9.97 Å². The van der Waals surface area contributed by atoms with Crippen LogP contribution in [0.2, 0.25) is 0 Å². The van der Waals surface area contributed by atoms with Crippen LogP contribution >= 0.6 is 0 Å². The SMILES string of the molecule is C=C/C=C\C.CC.c1ccc(-c2c3ccccc3c(-c3ccc(-c4ccc5c(c4)C(c4ccccc4)(c4cccnc4)c4ccccc4-5)nc3)c3ccccc23)cc1. The summed E-state index contributed by atoms with van der Waals surface area (Å²) in [5, 5.41) is 4.94. The molecule has 1 aliphatic carbocycles. The average molecular weight is 747 g/mol. The third-order valence-electron chi connectivity index (χ3n) is 11.0. The number of hydrogen-bond donors (Lipinski definition) is 0. The molecule has 0 radical (unpaired) electrons. The Balaban J connectivity index is 0.000000626. The van der Waals surface area contributed by atoms with Gasteiger partial charge in [-0.3, -0.25) is 9.97 Å². The van der Waals surface area contributed by atoms with Gasteiger partial charge < -0.3 is 0 Å². The minimum absolute atomic E-state index is 0.504. The van der Waals surface area contributed by atoms with Crippen molar-refractivity contribution in [2.45, 2.75) is 26.2 Å². The third kappa shape index (κ3) is 6.53. The summed E-state index contributed by atoms with van der Waals surface area (Å²) in [5.41, 5.74) is 13.7. The van der Waals surface area contributed by atoms with Gasteiger partial charge in [-0.1, -0.05) is 196 Å². The zero-order valence-corrected chi connectivity index (χ0v) is 33.3. The van der Waals surface area contributed by atoms with E-state index in [0.717, 1.165) is 22.4 Å². The van der Waals surface area contributed by atoms with Crippen molar-refractivity contribution in [2.75, 3.05) is 0 Å². The number of pyridine rings is 2. The maximum atomic E-state index is 5.18. The lowest BCUT2D eigenvalue weighted by atomic mass is 9.68. The van der Waals surface area contributed by atoms with E-state index < -0.39 is 5.41 Å². The molecule has 0 saturated carbocycles. The van der Waals surface area contributed by atoms with Crippen molar-refractivity contribution in [3.05, 3.63) is 242 Å². The first-order valence-electron chi connectivity index (χ1n) is 20.1. The van der Waals surface area contributed by atoms with Crippen molar-refractivity contribution in [1.82, 2.24) is 9.97 Å². The Hall–Kier alpha value is -7.16. The molecule has 0 N–H and O–H groups in total. The van der Waals surface area contributed by atoms with E-state index in [0.29, 0.717) is 0 Å². The summed E-state index contributed by atoms with van der Waals surface area (Å²) in [6.07, 6.45) is 11.5. The van der Waals surface area contributed by atoms with E-state index in [9.17, 15) is 0 Å². The van der Waals surface area contributed by atoms with Gasteiger partial charge in [0, 0.05) is 29.7 Å². The molecule has 58 heavy (non-hydrogen) atoms. The molecule has 280 valence electrons. The molecule has 9 aromatic rings. The van der Waals surface area contributed by atoms with Crippen molar-refractivity contribution < 1.29 is 0 Å². The Kier molecular flexibility index (Phi) is 11.0. The number of rotatable bonds is 6. The minimum Gasteiger partial charge on any atom is -0.264 e.